The van der Waals surface area contributed by atoms with Gasteiger partial charge < -0.3 is 40.3 Å². The molecule has 0 saturated carbocycles. The number of hydrogen-bond donors (Lipinski definition) is 6. The van der Waals surface area contributed by atoms with Gasteiger partial charge in [0.2, 0.25) is 5.91 Å². The number of carbonyl (C=O) groups is 1. The molecule has 63 heavy (non-hydrogen) atoms. The third kappa shape index (κ3) is 34.4. The van der Waals surface area contributed by atoms with Crippen molar-refractivity contribution in [2.24, 2.45) is 0 Å². The van der Waals surface area contributed by atoms with Crippen LogP contribution in [-0.4, -0.2) is 87.5 Å². The maximum absolute atomic E-state index is 13.0. The second-order valence-electron chi connectivity index (χ2n) is 18.7. The van der Waals surface area contributed by atoms with Crippen LogP contribution >= 0.6 is 0 Å². The van der Waals surface area contributed by atoms with Gasteiger partial charge in [-0.2, -0.15) is 0 Å². The smallest absolute Gasteiger partial charge is 0.220 e. The number of aliphatic hydroxyl groups is 5. The van der Waals surface area contributed by atoms with Crippen LogP contribution in [0.2, 0.25) is 0 Å². The van der Waals surface area contributed by atoms with Gasteiger partial charge in [-0.15, -0.1) is 0 Å². The molecular formula is C54H101NO8. The second-order valence-corrected chi connectivity index (χ2v) is 18.7. The molecule has 1 aliphatic rings. The SMILES string of the molecule is CCCCCCCCCCCC/C=C/CC/C=C/C(O)C(COC1OC(CO)C(O)C(O)C1O)NC(=O)CCCCCCCCCC/C=C\CCCCCCCCCCCCCC. The number of amides is 1. The highest BCUT2D eigenvalue weighted by Gasteiger charge is 2.44. The van der Waals surface area contributed by atoms with Gasteiger partial charge in [0.05, 0.1) is 25.4 Å². The fraction of sp³-hybridized carbons (Fsp3) is 0.870. The largest absolute Gasteiger partial charge is 0.394 e. The normalized spacial score (nSPS) is 20.4. The molecule has 7 atom stereocenters. The van der Waals surface area contributed by atoms with Crippen LogP contribution in [0.15, 0.2) is 36.5 Å². The molecule has 9 nitrogen and oxygen atoms in total. The van der Waals surface area contributed by atoms with Crippen molar-refractivity contribution >= 4 is 5.91 Å². The average molecular weight is 892 g/mol. The zero-order chi connectivity index (χ0) is 45.9. The lowest BCUT2D eigenvalue weighted by Crippen LogP contribution is -2.60. The first-order chi connectivity index (χ1) is 30.8. The van der Waals surface area contributed by atoms with Crippen LogP contribution in [0.1, 0.15) is 245 Å². The fourth-order valence-corrected chi connectivity index (χ4v) is 8.40. The molecule has 0 aromatic carbocycles. The van der Waals surface area contributed by atoms with Gasteiger partial charge in [-0.25, -0.2) is 0 Å². The Balaban J connectivity index is 2.27. The highest BCUT2D eigenvalue weighted by molar-refractivity contribution is 5.76. The standard InChI is InChI=1S/C54H101NO8/c1-3-5-7-9-11-13-15-17-19-21-22-23-24-25-26-27-28-30-32-34-36-38-40-42-44-50(58)55-47(46-62-54-53(61)52(60)51(59)49(45-56)63-54)48(57)43-41-39-37-35-33-31-29-20-18-16-14-12-10-8-6-4-2/h25-26,33,35,41,43,47-49,51-54,56-57,59-61H,3-24,27-32,34,36-40,42,44-46H2,1-2H3,(H,55,58)/b26-25-,35-33+,43-41+. The van der Waals surface area contributed by atoms with Crippen LogP contribution in [0.25, 0.3) is 0 Å². The zero-order valence-electron chi connectivity index (χ0n) is 40.8. The number of rotatable bonds is 45. The molecule has 1 saturated heterocycles. The van der Waals surface area contributed by atoms with Gasteiger partial charge >= 0.3 is 0 Å². The first-order valence-electron chi connectivity index (χ1n) is 26.7. The van der Waals surface area contributed by atoms with Crippen molar-refractivity contribution in [2.75, 3.05) is 13.2 Å². The van der Waals surface area contributed by atoms with Crippen molar-refractivity contribution in [1.82, 2.24) is 5.32 Å². The lowest BCUT2D eigenvalue weighted by molar-refractivity contribution is -0.302. The van der Waals surface area contributed by atoms with Gasteiger partial charge in [0.25, 0.3) is 0 Å². The first-order valence-corrected chi connectivity index (χ1v) is 26.7. The van der Waals surface area contributed by atoms with Crippen LogP contribution in [0.4, 0.5) is 0 Å². The van der Waals surface area contributed by atoms with Gasteiger partial charge in [-0.3, -0.25) is 4.79 Å². The summed E-state index contributed by atoms with van der Waals surface area (Å²) in [4.78, 5) is 13.0. The fourth-order valence-electron chi connectivity index (χ4n) is 8.40. The summed E-state index contributed by atoms with van der Waals surface area (Å²) in [6.45, 7) is 3.77. The minimum Gasteiger partial charge on any atom is -0.394 e. The van der Waals surface area contributed by atoms with Crippen LogP contribution in [0.5, 0.6) is 0 Å². The molecule has 0 spiro atoms. The van der Waals surface area contributed by atoms with E-state index in [1.165, 1.54) is 186 Å². The minimum atomic E-state index is -1.57. The van der Waals surface area contributed by atoms with E-state index in [4.69, 9.17) is 9.47 Å². The molecule has 9 heteroatoms. The lowest BCUT2D eigenvalue weighted by Gasteiger charge is -2.40. The van der Waals surface area contributed by atoms with Crippen molar-refractivity contribution in [3.63, 3.8) is 0 Å². The number of hydrogen-bond acceptors (Lipinski definition) is 8. The van der Waals surface area contributed by atoms with Gasteiger partial charge in [0.15, 0.2) is 6.29 Å². The summed E-state index contributed by atoms with van der Waals surface area (Å²) in [7, 11) is 0. The third-order valence-electron chi connectivity index (χ3n) is 12.7. The zero-order valence-corrected chi connectivity index (χ0v) is 40.8. The molecule has 370 valence electrons. The maximum atomic E-state index is 13.0. The van der Waals surface area contributed by atoms with Gasteiger partial charge in [0, 0.05) is 6.42 Å². The molecule has 1 heterocycles. The van der Waals surface area contributed by atoms with E-state index in [0.717, 1.165) is 38.5 Å². The van der Waals surface area contributed by atoms with E-state index >= 15 is 0 Å². The van der Waals surface area contributed by atoms with Gasteiger partial charge in [0.1, 0.15) is 24.4 Å². The summed E-state index contributed by atoms with van der Waals surface area (Å²) < 4.78 is 11.2. The van der Waals surface area contributed by atoms with Crippen LogP contribution < -0.4 is 5.32 Å². The van der Waals surface area contributed by atoms with Crippen LogP contribution in [0, 0.1) is 0 Å². The summed E-state index contributed by atoms with van der Waals surface area (Å²) >= 11 is 0. The molecule has 0 aromatic heterocycles. The van der Waals surface area contributed by atoms with Gasteiger partial charge in [-0.1, -0.05) is 217 Å². The summed E-state index contributed by atoms with van der Waals surface area (Å²) in [6, 6.07) is -0.822. The topological polar surface area (TPSA) is 149 Å². The molecule has 7 unspecified atom stereocenters. The number of nitrogens with one attached hydrogen (secondary N) is 1. The summed E-state index contributed by atoms with van der Waals surface area (Å²) in [5, 5.41) is 54.3. The Bertz CT molecular complexity index is 1080. The van der Waals surface area contributed by atoms with Crippen molar-refractivity contribution < 1.29 is 39.8 Å². The first kappa shape index (κ1) is 59.4. The molecule has 0 aromatic rings. The van der Waals surface area contributed by atoms with E-state index in [0.29, 0.717) is 6.42 Å². The number of aliphatic hydroxyl groups excluding tert-OH is 5. The second kappa shape index (κ2) is 44.3. The Morgan fingerprint density at radius 2 is 0.905 bits per heavy atom. The summed E-state index contributed by atoms with van der Waals surface area (Å²) in [5.41, 5.74) is 0. The number of ether oxygens (including phenoxy) is 2. The van der Waals surface area contributed by atoms with E-state index in [-0.39, 0.29) is 12.5 Å². The third-order valence-corrected chi connectivity index (χ3v) is 12.7. The summed E-state index contributed by atoms with van der Waals surface area (Å²) in [6.07, 6.45) is 49.2. The molecule has 0 bridgehead atoms. The Labute approximate surface area is 387 Å². The predicted molar refractivity (Wildman–Crippen MR) is 263 cm³/mol. The molecule has 1 fully saturated rings. The quantitative estimate of drug-likeness (QED) is 0.0261. The van der Waals surface area contributed by atoms with Crippen molar-refractivity contribution in [3.8, 4) is 0 Å². The van der Waals surface area contributed by atoms with E-state index in [1.807, 2.05) is 6.08 Å². The van der Waals surface area contributed by atoms with Crippen LogP contribution in [0.3, 0.4) is 0 Å². The Kier molecular flexibility index (Phi) is 41.7. The molecule has 0 aliphatic carbocycles. The Hall–Kier alpha value is -1.59. The van der Waals surface area contributed by atoms with E-state index in [2.05, 4.69) is 43.5 Å². The predicted octanol–water partition coefficient (Wildman–Crippen LogP) is 12.4. The molecule has 1 amide bonds. The monoisotopic (exact) mass is 892 g/mol. The molecular weight excluding hydrogens is 791 g/mol. The molecule has 1 rings (SSSR count). The highest BCUT2D eigenvalue weighted by Crippen LogP contribution is 2.23. The van der Waals surface area contributed by atoms with E-state index in [1.54, 1.807) is 6.08 Å². The van der Waals surface area contributed by atoms with Gasteiger partial charge in [-0.05, 0) is 57.8 Å². The lowest BCUT2D eigenvalue weighted by atomic mass is 9.99. The summed E-state index contributed by atoms with van der Waals surface area (Å²) in [5.74, 6) is -0.188. The average Bonchev–Trinajstić information content (AvgIpc) is 3.28. The Morgan fingerprint density at radius 3 is 1.33 bits per heavy atom. The minimum absolute atomic E-state index is 0.188. The van der Waals surface area contributed by atoms with Crippen molar-refractivity contribution in [1.29, 1.82) is 0 Å². The van der Waals surface area contributed by atoms with E-state index < -0.39 is 49.5 Å². The molecule has 6 N–H and O–H groups in total. The van der Waals surface area contributed by atoms with Crippen LogP contribution in [-0.2, 0) is 14.3 Å². The molecule has 0 radical (unpaired) electrons. The maximum Gasteiger partial charge on any atom is 0.220 e. The number of unbranched alkanes of at least 4 members (excludes halogenated alkanes) is 31. The Morgan fingerprint density at radius 1 is 0.524 bits per heavy atom. The number of allylic oxidation sites excluding steroid dienone is 5. The highest BCUT2D eigenvalue weighted by atomic mass is 16.7. The van der Waals surface area contributed by atoms with Crippen molar-refractivity contribution in [2.45, 2.75) is 288 Å². The van der Waals surface area contributed by atoms with Crippen molar-refractivity contribution in [3.05, 3.63) is 36.5 Å². The van der Waals surface area contributed by atoms with E-state index in [9.17, 15) is 30.3 Å². The molecule has 1 aliphatic heterocycles. The number of carbonyl (C=O) groups excluding carboxylic acids is 1.